The lowest BCUT2D eigenvalue weighted by atomic mass is 9.81. The molecule has 0 aliphatic heterocycles. The van der Waals surface area contributed by atoms with E-state index in [4.69, 9.17) is 9.97 Å². The van der Waals surface area contributed by atoms with Gasteiger partial charge < -0.3 is 0 Å². The molecule has 0 radical (unpaired) electrons. The van der Waals surface area contributed by atoms with Crippen LogP contribution in [0.1, 0.15) is 25.0 Å². The molecular weight excluding hydrogens is 595 g/mol. The topological polar surface area (TPSA) is 38.7 Å². The predicted octanol–water partition coefficient (Wildman–Crippen LogP) is 11.7. The van der Waals surface area contributed by atoms with Crippen molar-refractivity contribution >= 4 is 10.8 Å². The zero-order valence-electron chi connectivity index (χ0n) is 27.4. The smallest absolute Gasteiger partial charge is 0.160 e. The van der Waals surface area contributed by atoms with E-state index in [9.17, 15) is 0 Å². The Bertz CT molecular complexity index is 2520. The molecular formula is C46H33N3. The molecule has 49 heavy (non-hydrogen) atoms. The zero-order valence-corrected chi connectivity index (χ0v) is 27.4. The number of hydrogen-bond donors (Lipinski definition) is 0. The molecule has 9 rings (SSSR count). The molecule has 0 spiro atoms. The van der Waals surface area contributed by atoms with Crippen LogP contribution in [0.2, 0.25) is 0 Å². The Morgan fingerprint density at radius 2 is 1.08 bits per heavy atom. The van der Waals surface area contributed by atoms with E-state index < -0.39 is 0 Å². The molecule has 2 heterocycles. The monoisotopic (exact) mass is 627 g/mol. The molecule has 232 valence electrons. The highest BCUT2D eigenvalue weighted by Crippen LogP contribution is 2.54. The second kappa shape index (κ2) is 11.5. The largest absolute Gasteiger partial charge is 0.264 e. The van der Waals surface area contributed by atoms with Gasteiger partial charge in [-0.2, -0.15) is 0 Å². The second-order valence-electron chi connectivity index (χ2n) is 13.3. The van der Waals surface area contributed by atoms with E-state index in [2.05, 4.69) is 146 Å². The number of pyridine rings is 1. The summed E-state index contributed by atoms with van der Waals surface area (Å²) in [6, 6.07) is 53.9. The lowest BCUT2D eigenvalue weighted by Crippen LogP contribution is -2.14. The summed E-state index contributed by atoms with van der Waals surface area (Å²) < 4.78 is 0. The summed E-state index contributed by atoms with van der Waals surface area (Å²) in [7, 11) is 0. The fourth-order valence-corrected chi connectivity index (χ4v) is 7.48. The highest BCUT2D eigenvalue weighted by molar-refractivity contribution is 6.00. The van der Waals surface area contributed by atoms with Crippen molar-refractivity contribution < 1.29 is 0 Å². The van der Waals surface area contributed by atoms with Gasteiger partial charge in [-0.1, -0.05) is 135 Å². The first-order chi connectivity index (χ1) is 24.0. The summed E-state index contributed by atoms with van der Waals surface area (Å²) in [4.78, 5) is 14.7. The minimum Gasteiger partial charge on any atom is -0.264 e. The average molecular weight is 628 g/mol. The van der Waals surface area contributed by atoms with Crippen molar-refractivity contribution in [2.45, 2.75) is 19.3 Å². The highest BCUT2D eigenvalue weighted by atomic mass is 14.9. The summed E-state index contributed by atoms with van der Waals surface area (Å²) in [5.74, 6) is 0.700. The number of hydrogen-bond acceptors (Lipinski definition) is 3. The summed E-state index contributed by atoms with van der Waals surface area (Å²) in [5, 5.41) is 2.54. The fraction of sp³-hybridized carbons (Fsp3) is 0.0652. The van der Waals surface area contributed by atoms with Gasteiger partial charge in [-0.25, -0.2) is 9.97 Å². The molecule has 6 aromatic carbocycles. The van der Waals surface area contributed by atoms with Crippen LogP contribution in [-0.4, -0.2) is 15.0 Å². The van der Waals surface area contributed by atoms with Crippen LogP contribution in [0.5, 0.6) is 0 Å². The van der Waals surface area contributed by atoms with E-state index in [1.807, 2.05) is 30.5 Å². The molecule has 0 fully saturated rings. The maximum atomic E-state index is 5.25. The molecule has 3 heteroatoms. The van der Waals surface area contributed by atoms with Crippen LogP contribution >= 0.6 is 0 Å². The van der Waals surface area contributed by atoms with Gasteiger partial charge in [0.05, 0.1) is 11.4 Å². The average Bonchev–Trinajstić information content (AvgIpc) is 3.39. The maximum absolute atomic E-state index is 5.25. The van der Waals surface area contributed by atoms with Crippen molar-refractivity contribution in [2.75, 3.05) is 0 Å². The van der Waals surface area contributed by atoms with Crippen LogP contribution in [-0.2, 0) is 5.41 Å². The third-order valence-corrected chi connectivity index (χ3v) is 9.97. The standard InChI is InChI=1S/C46H33N3/c1-46(2)40-23-11-22-38(44(40)39-26-32-15-6-7-16-33(32)27-41(39)46)36-20-8-9-21-37(36)43-28-42(48-45(49-43)30-13-4-3-5-14-30)34-18-10-17-31(25-34)35-19-12-24-47-29-35/h3-29H,1-2H3. The number of fused-ring (bicyclic) bond motifs is 4. The number of nitrogens with zero attached hydrogens (tertiary/aromatic N) is 3. The summed E-state index contributed by atoms with van der Waals surface area (Å²) >= 11 is 0. The Hall–Kier alpha value is -6.19. The third kappa shape index (κ3) is 4.94. The van der Waals surface area contributed by atoms with Crippen LogP contribution in [0, 0.1) is 0 Å². The SMILES string of the molecule is CC1(C)c2cc3ccccc3cc2-c2c(-c3ccccc3-c3cc(-c4cccc(-c5cccnc5)c4)nc(-c4ccccc4)n3)cccc21. The van der Waals surface area contributed by atoms with Crippen LogP contribution < -0.4 is 0 Å². The van der Waals surface area contributed by atoms with Gasteiger partial charge in [0.15, 0.2) is 5.82 Å². The molecule has 0 amide bonds. The summed E-state index contributed by atoms with van der Waals surface area (Å²) in [6.07, 6.45) is 3.70. The van der Waals surface area contributed by atoms with E-state index >= 15 is 0 Å². The van der Waals surface area contributed by atoms with E-state index in [0.29, 0.717) is 5.82 Å². The molecule has 1 aliphatic carbocycles. The molecule has 0 N–H and O–H groups in total. The van der Waals surface area contributed by atoms with Crippen molar-refractivity contribution in [3.63, 3.8) is 0 Å². The van der Waals surface area contributed by atoms with E-state index in [1.165, 1.54) is 38.6 Å². The van der Waals surface area contributed by atoms with Gasteiger partial charge >= 0.3 is 0 Å². The van der Waals surface area contributed by atoms with Gasteiger partial charge in [0.25, 0.3) is 0 Å². The minimum atomic E-state index is -0.124. The van der Waals surface area contributed by atoms with E-state index in [1.54, 1.807) is 6.20 Å². The second-order valence-corrected chi connectivity index (χ2v) is 13.3. The molecule has 0 bridgehead atoms. The Labute approximate surface area is 286 Å². The van der Waals surface area contributed by atoms with Crippen LogP contribution in [0.4, 0.5) is 0 Å². The van der Waals surface area contributed by atoms with Gasteiger partial charge in [-0.15, -0.1) is 0 Å². The highest BCUT2D eigenvalue weighted by Gasteiger charge is 2.37. The Balaban J connectivity index is 1.26. The molecule has 0 unspecified atom stereocenters. The summed E-state index contributed by atoms with van der Waals surface area (Å²) in [6.45, 7) is 4.70. The minimum absolute atomic E-state index is 0.124. The van der Waals surface area contributed by atoms with Gasteiger partial charge in [-0.3, -0.25) is 4.98 Å². The third-order valence-electron chi connectivity index (χ3n) is 9.97. The van der Waals surface area contributed by atoms with Crippen LogP contribution in [0.25, 0.3) is 78.1 Å². The van der Waals surface area contributed by atoms with Gasteiger partial charge in [0.2, 0.25) is 0 Å². The number of benzene rings is 6. The van der Waals surface area contributed by atoms with Gasteiger partial charge in [0.1, 0.15) is 0 Å². The number of rotatable bonds is 5. The van der Waals surface area contributed by atoms with Crippen molar-refractivity contribution in [1.29, 1.82) is 0 Å². The molecule has 2 aromatic heterocycles. The van der Waals surface area contributed by atoms with Crippen molar-refractivity contribution in [3.05, 3.63) is 175 Å². The van der Waals surface area contributed by atoms with E-state index in [-0.39, 0.29) is 5.41 Å². The first-order valence-electron chi connectivity index (χ1n) is 16.8. The normalized spacial score (nSPS) is 12.9. The van der Waals surface area contributed by atoms with Crippen molar-refractivity contribution in [3.8, 4) is 67.3 Å². The number of aromatic nitrogens is 3. The molecule has 0 saturated heterocycles. The lowest BCUT2D eigenvalue weighted by molar-refractivity contribution is 0.661. The fourth-order valence-electron chi connectivity index (χ4n) is 7.48. The molecule has 3 nitrogen and oxygen atoms in total. The molecule has 1 aliphatic rings. The van der Waals surface area contributed by atoms with Crippen molar-refractivity contribution in [1.82, 2.24) is 15.0 Å². The Morgan fingerprint density at radius 1 is 0.429 bits per heavy atom. The Morgan fingerprint density at radius 3 is 1.90 bits per heavy atom. The Kier molecular flexibility index (Phi) is 6.80. The molecule has 0 atom stereocenters. The van der Waals surface area contributed by atoms with Crippen LogP contribution in [0.15, 0.2) is 164 Å². The van der Waals surface area contributed by atoms with E-state index in [0.717, 1.165) is 44.8 Å². The molecule has 8 aromatic rings. The first kappa shape index (κ1) is 29.0. The van der Waals surface area contributed by atoms with Crippen molar-refractivity contribution in [2.24, 2.45) is 0 Å². The van der Waals surface area contributed by atoms with Gasteiger partial charge in [-0.05, 0) is 80.0 Å². The maximum Gasteiger partial charge on any atom is 0.160 e. The van der Waals surface area contributed by atoms with Crippen LogP contribution in [0.3, 0.4) is 0 Å². The molecule has 0 saturated carbocycles. The lowest BCUT2D eigenvalue weighted by Gasteiger charge is -2.22. The summed E-state index contributed by atoms with van der Waals surface area (Å²) in [5.41, 5.74) is 14.6. The van der Waals surface area contributed by atoms with Gasteiger partial charge in [0, 0.05) is 40.1 Å². The quantitative estimate of drug-likeness (QED) is 0.191. The first-order valence-corrected chi connectivity index (χ1v) is 16.8. The zero-order chi connectivity index (χ0) is 33.0. The predicted molar refractivity (Wildman–Crippen MR) is 202 cm³/mol.